The maximum absolute atomic E-state index is 12.9. The number of rotatable bonds is 4. The Hall–Kier alpha value is -3.26. The van der Waals surface area contributed by atoms with Gasteiger partial charge >= 0.3 is 6.18 Å². The van der Waals surface area contributed by atoms with Gasteiger partial charge in [-0.05, 0) is 41.8 Å². The van der Waals surface area contributed by atoms with Crippen molar-refractivity contribution in [3.8, 4) is 11.3 Å². The molecule has 1 N–H and O–H groups in total. The van der Waals surface area contributed by atoms with Crippen LogP contribution in [0.15, 0.2) is 60.0 Å². The summed E-state index contributed by atoms with van der Waals surface area (Å²) in [5.74, 6) is 0.106. The maximum Gasteiger partial charge on any atom is 0.416 e. The summed E-state index contributed by atoms with van der Waals surface area (Å²) in [5, 5.41) is 5.53. The Kier molecular flexibility index (Phi) is 5.26. The number of hydrogen-bond acceptors (Lipinski definition) is 4. The van der Waals surface area contributed by atoms with Crippen LogP contribution in [0.4, 0.5) is 18.9 Å². The van der Waals surface area contributed by atoms with Gasteiger partial charge in [-0.15, -0.1) is 11.3 Å². The third kappa shape index (κ3) is 4.04. The molecule has 0 aliphatic rings. The molecule has 1 amide bonds. The minimum Gasteiger partial charge on any atom is -0.322 e. The van der Waals surface area contributed by atoms with E-state index in [2.05, 4.69) is 15.3 Å². The first kappa shape index (κ1) is 20.0. The molecule has 0 spiro atoms. The number of hydrogen-bond donors (Lipinski definition) is 1. The number of nitrogens with one attached hydrogen (secondary N) is 1. The van der Waals surface area contributed by atoms with Gasteiger partial charge in [-0.1, -0.05) is 25.1 Å². The van der Waals surface area contributed by atoms with Gasteiger partial charge in [-0.25, -0.2) is 9.97 Å². The topological polar surface area (TPSA) is 54.9 Å². The predicted molar refractivity (Wildman–Crippen MR) is 112 cm³/mol. The van der Waals surface area contributed by atoms with Crippen LogP contribution in [0.2, 0.25) is 0 Å². The van der Waals surface area contributed by atoms with Crippen LogP contribution in [0.5, 0.6) is 0 Å². The summed E-state index contributed by atoms with van der Waals surface area (Å²) in [4.78, 5) is 22.6. The highest BCUT2D eigenvalue weighted by atomic mass is 32.1. The molecule has 0 saturated heterocycles. The lowest BCUT2D eigenvalue weighted by atomic mass is 10.1. The van der Waals surface area contributed by atoms with Gasteiger partial charge in [0.15, 0.2) is 0 Å². The van der Waals surface area contributed by atoms with E-state index in [0.29, 0.717) is 12.1 Å². The second kappa shape index (κ2) is 7.87. The van der Waals surface area contributed by atoms with E-state index in [1.54, 1.807) is 18.2 Å². The Morgan fingerprint density at radius 3 is 2.63 bits per heavy atom. The van der Waals surface area contributed by atoms with Gasteiger partial charge in [0.2, 0.25) is 0 Å². The molecule has 0 aliphatic heterocycles. The highest BCUT2D eigenvalue weighted by Gasteiger charge is 2.30. The number of aromatic nitrogens is 2. The number of halogens is 3. The molecule has 152 valence electrons. The average molecular weight is 427 g/mol. The van der Waals surface area contributed by atoms with E-state index < -0.39 is 17.6 Å². The Bertz CT molecular complexity index is 1230. The highest BCUT2D eigenvalue weighted by molar-refractivity contribution is 7.16. The molecule has 8 heteroatoms. The number of aryl methyl sites for hydroxylation is 1. The van der Waals surface area contributed by atoms with Gasteiger partial charge in [0.1, 0.15) is 10.7 Å². The van der Waals surface area contributed by atoms with Gasteiger partial charge < -0.3 is 5.32 Å². The highest BCUT2D eigenvalue weighted by Crippen LogP contribution is 2.32. The molecule has 2 aromatic heterocycles. The number of anilines is 1. The van der Waals surface area contributed by atoms with E-state index in [4.69, 9.17) is 0 Å². The molecule has 2 aromatic carbocycles. The van der Waals surface area contributed by atoms with Gasteiger partial charge in [-0.2, -0.15) is 13.2 Å². The van der Waals surface area contributed by atoms with Crippen LogP contribution in [0.1, 0.15) is 28.7 Å². The van der Waals surface area contributed by atoms with E-state index in [-0.39, 0.29) is 5.56 Å². The molecule has 0 aliphatic carbocycles. The summed E-state index contributed by atoms with van der Waals surface area (Å²) in [7, 11) is 0. The van der Waals surface area contributed by atoms with Crippen molar-refractivity contribution in [1.29, 1.82) is 0 Å². The fourth-order valence-electron chi connectivity index (χ4n) is 3.06. The molecule has 2 heterocycles. The fraction of sp³-hybridized carbons (Fsp3) is 0.136. The van der Waals surface area contributed by atoms with Crippen molar-refractivity contribution < 1.29 is 18.0 Å². The van der Waals surface area contributed by atoms with Crippen molar-refractivity contribution in [2.24, 2.45) is 0 Å². The summed E-state index contributed by atoms with van der Waals surface area (Å²) in [6.07, 6.45) is -3.82. The molecule has 0 unspecified atom stereocenters. The van der Waals surface area contributed by atoms with Crippen LogP contribution in [0.3, 0.4) is 0 Å². The van der Waals surface area contributed by atoms with E-state index in [9.17, 15) is 18.0 Å². The van der Waals surface area contributed by atoms with Gasteiger partial charge in [0, 0.05) is 28.6 Å². The lowest BCUT2D eigenvalue weighted by Crippen LogP contribution is -2.14. The van der Waals surface area contributed by atoms with Gasteiger partial charge in [0.05, 0.1) is 11.3 Å². The Labute approximate surface area is 174 Å². The Morgan fingerprint density at radius 1 is 1.07 bits per heavy atom. The van der Waals surface area contributed by atoms with E-state index >= 15 is 0 Å². The summed E-state index contributed by atoms with van der Waals surface area (Å²) >= 11 is 1.53. The monoisotopic (exact) mass is 427 g/mol. The molecule has 0 atom stereocenters. The number of benzene rings is 2. The largest absolute Gasteiger partial charge is 0.416 e. The second-order valence-electron chi connectivity index (χ2n) is 6.59. The van der Waals surface area contributed by atoms with Crippen molar-refractivity contribution in [1.82, 2.24) is 9.97 Å². The van der Waals surface area contributed by atoms with Crippen molar-refractivity contribution in [3.05, 3.63) is 76.9 Å². The fourth-order valence-corrected chi connectivity index (χ4v) is 3.84. The zero-order valence-corrected chi connectivity index (χ0v) is 16.6. The molecular formula is C22H16F3N3OS. The molecule has 4 aromatic rings. The average Bonchev–Trinajstić information content (AvgIpc) is 3.21. The van der Waals surface area contributed by atoms with E-state index in [0.717, 1.165) is 39.4 Å². The van der Waals surface area contributed by atoms with Crippen LogP contribution >= 0.6 is 11.3 Å². The van der Waals surface area contributed by atoms with Gasteiger partial charge in [0.25, 0.3) is 5.91 Å². The predicted octanol–water partition coefficient (Wildman–Crippen LogP) is 6.19. The molecule has 0 radical (unpaired) electrons. The van der Waals surface area contributed by atoms with Crippen molar-refractivity contribution >= 4 is 33.1 Å². The Balaban J connectivity index is 1.65. The van der Waals surface area contributed by atoms with Crippen molar-refractivity contribution in [2.45, 2.75) is 19.5 Å². The smallest absolute Gasteiger partial charge is 0.322 e. The van der Waals surface area contributed by atoms with E-state index in [1.807, 2.05) is 24.4 Å². The number of amides is 1. The summed E-state index contributed by atoms with van der Waals surface area (Å²) < 4.78 is 38.8. The molecular weight excluding hydrogens is 411 g/mol. The standard InChI is InChI=1S/C22H16F3N3OS/c1-2-18-27-19(17-9-10-30-21(17)28-18)13-5-4-8-16(12-13)26-20(29)14-6-3-7-15(11-14)22(23,24)25/h3-12H,2H2,1H3,(H,26,29). The third-order valence-electron chi connectivity index (χ3n) is 4.53. The second-order valence-corrected chi connectivity index (χ2v) is 7.49. The first-order chi connectivity index (χ1) is 14.3. The van der Waals surface area contributed by atoms with Crippen LogP contribution in [-0.4, -0.2) is 15.9 Å². The normalized spacial score (nSPS) is 11.6. The summed E-state index contributed by atoms with van der Waals surface area (Å²) in [6.45, 7) is 1.98. The number of fused-ring (bicyclic) bond motifs is 1. The number of carbonyl (C=O) groups excluding carboxylic acids is 1. The molecule has 0 fully saturated rings. The lowest BCUT2D eigenvalue weighted by Gasteiger charge is -2.11. The molecule has 30 heavy (non-hydrogen) atoms. The van der Waals surface area contributed by atoms with Crippen LogP contribution in [-0.2, 0) is 12.6 Å². The lowest BCUT2D eigenvalue weighted by molar-refractivity contribution is -0.137. The first-order valence-corrected chi connectivity index (χ1v) is 10.1. The van der Waals surface area contributed by atoms with Crippen LogP contribution in [0, 0.1) is 0 Å². The van der Waals surface area contributed by atoms with Crippen molar-refractivity contribution in [2.75, 3.05) is 5.32 Å². The molecule has 4 nitrogen and oxygen atoms in total. The number of thiophene rings is 1. The zero-order chi connectivity index (χ0) is 21.3. The molecule has 0 saturated carbocycles. The van der Waals surface area contributed by atoms with Crippen LogP contribution < -0.4 is 5.32 Å². The van der Waals surface area contributed by atoms with Gasteiger partial charge in [-0.3, -0.25) is 4.79 Å². The quantitative estimate of drug-likeness (QED) is 0.422. The van der Waals surface area contributed by atoms with Crippen LogP contribution in [0.25, 0.3) is 21.5 Å². The third-order valence-corrected chi connectivity index (χ3v) is 5.34. The van der Waals surface area contributed by atoms with E-state index in [1.165, 1.54) is 23.5 Å². The minimum absolute atomic E-state index is 0.0641. The summed E-state index contributed by atoms with van der Waals surface area (Å²) in [5.41, 5.74) is 1.09. The number of nitrogens with zero attached hydrogens (tertiary/aromatic N) is 2. The maximum atomic E-state index is 12.9. The molecule has 4 rings (SSSR count). The zero-order valence-electron chi connectivity index (χ0n) is 15.8. The number of carbonyl (C=O) groups is 1. The summed E-state index contributed by atoms with van der Waals surface area (Å²) in [6, 6.07) is 13.4. The number of alkyl halides is 3. The Morgan fingerprint density at radius 2 is 1.87 bits per heavy atom. The first-order valence-electron chi connectivity index (χ1n) is 9.18. The molecule has 0 bridgehead atoms. The minimum atomic E-state index is -4.51. The van der Waals surface area contributed by atoms with Crippen molar-refractivity contribution in [3.63, 3.8) is 0 Å². The SMILES string of the molecule is CCc1nc(-c2cccc(NC(=O)c3cccc(C(F)(F)F)c3)c2)c2ccsc2n1.